The van der Waals surface area contributed by atoms with Crippen LogP contribution in [0.4, 0.5) is 0 Å². The van der Waals surface area contributed by atoms with Crippen LogP contribution in [0.5, 0.6) is 0 Å². The molecule has 0 bridgehead atoms. The summed E-state index contributed by atoms with van der Waals surface area (Å²) < 4.78 is 16.4. The Morgan fingerprint density at radius 2 is 1.41 bits per heavy atom. The van der Waals surface area contributed by atoms with Gasteiger partial charge in [0.15, 0.2) is 6.10 Å². The first-order valence-corrected chi connectivity index (χ1v) is 11.2. The van der Waals surface area contributed by atoms with E-state index in [4.69, 9.17) is 14.2 Å². The predicted octanol–water partition coefficient (Wildman–Crippen LogP) is 6.58. The van der Waals surface area contributed by atoms with E-state index >= 15 is 0 Å². The van der Waals surface area contributed by atoms with Gasteiger partial charge in [-0.15, -0.1) is 0 Å². The maximum atomic E-state index is 11.0. The molecule has 1 atom stereocenters. The van der Waals surface area contributed by atoms with Gasteiger partial charge >= 0.3 is 5.97 Å². The molecule has 0 heterocycles. The molecule has 0 aromatic heterocycles. The Morgan fingerprint density at radius 3 is 2.00 bits per heavy atom. The van der Waals surface area contributed by atoms with Crippen molar-refractivity contribution < 1.29 is 19.0 Å². The fourth-order valence-corrected chi connectivity index (χ4v) is 2.80. The molecule has 27 heavy (non-hydrogen) atoms. The van der Waals surface area contributed by atoms with Crippen LogP contribution in [0.3, 0.4) is 0 Å². The van der Waals surface area contributed by atoms with Gasteiger partial charge in [-0.1, -0.05) is 78.1 Å². The monoisotopic (exact) mass is 384 g/mol. The van der Waals surface area contributed by atoms with E-state index in [2.05, 4.69) is 13.8 Å². The molecule has 0 N–H and O–H groups in total. The third-order valence-electron chi connectivity index (χ3n) is 4.51. The minimum Gasteiger partial charge on any atom is -0.492 e. The van der Waals surface area contributed by atoms with Crippen molar-refractivity contribution in [2.75, 3.05) is 19.8 Å². The molecule has 160 valence electrons. The first kappa shape index (κ1) is 26.0. The van der Waals surface area contributed by atoms with Gasteiger partial charge in [-0.05, 0) is 25.3 Å². The van der Waals surface area contributed by atoms with Gasteiger partial charge in [-0.2, -0.15) is 0 Å². The van der Waals surface area contributed by atoms with Crippen molar-refractivity contribution >= 4 is 5.97 Å². The number of carbonyl (C=O) groups excluding carboxylic acids is 1. The fraction of sp³-hybridized carbons (Fsp3) is 0.870. The minimum absolute atomic E-state index is 0.227. The van der Waals surface area contributed by atoms with Gasteiger partial charge in [0.05, 0.1) is 12.9 Å². The van der Waals surface area contributed by atoms with E-state index in [-0.39, 0.29) is 18.7 Å². The van der Waals surface area contributed by atoms with E-state index in [0.717, 1.165) is 25.9 Å². The van der Waals surface area contributed by atoms with Crippen molar-refractivity contribution in [2.45, 2.75) is 110 Å². The lowest BCUT2D eigenvalue weighted by Crippen LogP contribution is -2.25. The van der Waals surface area contributed by atoms with Crippen LogP contribution in [0, 0.1) is 0 Å². The maximum Gasteiger partial charge on any atom is 0.302 e. The van der Waals surface area contributed by atoms with Gasteiger partial charge in [0.1, 0.15) is 6.61 Å². The number of allylic oxidation sites excluding steroid dienone is 1. The lowest BCUT2D eigenvalue weighted by molar-refractivity contribution is -0.145. The smallest absolute Gasteiger partial charge is 0.302 e. The molecule has 0 saturated carbocycles. The van der Waals surface area contributed by atoms with Gasteiger partial charge < -0.3 is 14.2 Å². The molecule has 0 saturated heterocycles. The Morgan fingerprint density at radius 1 is 0.815 bits per heavy atom. The van der Waals surface area contributed by atoms with Crippen molar-refractivity contribution in [3.05, 3.63) is 12.3 Å². The summed E-state index contributed by atoms with van der Waals surface area (Å²) in [5, 5.41) is 0. The number of carbonyl (C=O) groups is 1. The summed E-state index contributed by atoms with van der Waals surface area (Å²) in [7, 11) is 0. The average Bonchev–Trinajstić information content (AvgIpc) is 2.65. The van der Waals surface area contributed by atoms with Crippen LogP contribution < -0.4 is 0 Å². The molecule has 0 radical (unpaired) electrons. The van der Waals surface area contributed by atoms with Crippen molar-refractivity contribution in [1.29, 1.82) is 0 Å². The van der Waals surface area contributed by atoms with Crippen LogP contribution in [0.1, 0.15) is 104 Å². The first-order valence-electron chi connectivity index (χ1n) is 11.2. The average molecular weight is 385 g/mol. The van der Waals surface area contributed by atoms with E-state index < -0.39 is 0 Å². The van der Waals surface area contributed by atoms with Gasteiger partial charge in [0, 0.05) is 13.5 Å². The molecule has 0 aromatic rings. The molecule has 0 fully saturated rings. The highest BCUT2D eigenvalue weighted by atomic mass is 16.6. The Labute approximate surface area is 168 Å². The first-order chi connectivity index (χ1) is 13.2. The third-order valence-corrected chi connectivity index (χ3v) is 4.51. The zero-order valence-electron chi connectivity index (χ0n) is 18.2. The molecule has 4 nitrogen and oxygen atoms in total. The lowest BCUT2D eigenvalue weighted by Gasteiger charge is -2.16. The molecule has 4 heteroatoms. The number of unbranched alkanes of at least 4 members (excludes halogenated alkanes) is 11. The second kappa shape index (κ2) is 21.3. The highest BCUT2D eigenvalue weighted by Crippen LogP contribution is 2.10. The molecule has 0 aliphatic carbocycles. The number of rotatable bonds is 20. The van der Waals surface area contributed by atoms with Gasteiger partial charge in [-0.3, -0.25) is 4.79 Å². The predicted molar refractivity (Wildman–Crippen MR) is 113 cm³/mol. The summed E-state index contributed by atoms with van der Waals surface area (Å²) in [6, 6.07) is 0. The Hall–Kier alpha value is -1.03. The summed E-state index contributed by atoms with van der Waals surface area (Å²) in [6.45, 7) is 7.29. The Balaban J connectivity index is 3.64. The SMILES string of the molecule is CCCCC=COC(COCCCCCCCCCCCC)COC(C)=O. The van der Waals surface area contributed by atoms with Crippen molar-refractivity contribution in [1.82, 2.24) is 0 Å². The van der Waals surface area contributed by atoms with Crippen LogP contribution in [0.25, 0.3) is 0 Å². The Kier molecular flexibility index (Phi) is 20.5. The molecule has 0 aromatic carbocycles. The van der Waals surface area contributed by atoms with E-state index in [1.807, 2.05) is 6.08 Å². The highest BCUT2D eigenvalue weighted by Gasteiger charge is 2.10. The quantitative estimate of drug-likeness (QED) is 0.135. The third kappa shape index (κ3) is 21.1. The van der Waals surface area contributed by atoms with Crippen molar-refractivity contribution in [3.63, 3.8) is 0 Å². The topological polar surface area (TPSA) is 44.8 Å². The molecule has 1 unspecified atom stereocenters. The zero-order chi connectivity index (χ0) is 20.0. The Bertz CT molecular complexity index is 341. The number of ether oxygens (including phenoxy) is 3. The molecular formula is C23H44O4. The van der Waals surface area contributed by atoms with E-state index in [0.29, 0.717) is 6.61 Å². The molecule has 0 spiro atoms. The summed E-state index contributed by atoms with van der Waals surface area (Å²) in [5.41, 5.74) is 0. The molecule has 0 rings (SSSR count). The number of esters is 1. The lowest BCUT2D eigenvalue weighted by atomic mass is 10.1. The van der Waals surface area contributed by atoms with Crippen LogP contribution in [-0.4, -0.2) is 31.9 Å². The zero-order valence-corrected chi connectivity index (χ0v) is 18.2. The van der Waals surface area contributed by atoms with E-state index in [9.17, 15) is 4.79 Å². The van der Waals surface area contributed by atoms with Crippen molar-refractivity contribution in [2.24, 2.45) is 0 Å². The normalized spacial score (nSPS) is 12.4. The van der Waals surface area contributed by atoms with Gasteiger partial charge in [0.2, 0.25) is 0 Å². The van der Waals surface area contributed by atoms with Crippen LogP contribution >= 0.6 is 0 Å². The summed E-state index contributed by atoms with van der Waals surface area (Å²) >= 11 is 0. The van der Waals surface area contributed by atoms with Crippen LogP contribution in [0.2, 0.25) is 0 Å². The summed E-state index contributed by atoms with van der Waals surface area (Å²) in [6.07, 6.45) is 20.0. The van der Waals surface area contributed by atoms with Crippen molar-refractivity contribution in [3.8, 4) is 0 Å². The molecular weight excluding hydrogens is 340 g/mol. The summed E-state index contributed by atoms with van der Waals surface area (Å²) in [4.78, 5) is 11.0. The maximum absolute atomic E-state index is 11.0. The fourth-order valence-electron chi connectivity index (χ4n) is 2.80. The second-order valence-electron chi connectivity index (χ2n) is 7.33. The van der Waals surface area contributed by atoms with E-state index in [1.165, 1.54) is 71.1 Å². The summed E-state index contributed by atoms with van der Waals surface area (Å²) in [5.74, 6) is -0.284. The van der Waals surface area contributed by atoms with E-state index in [1.54, 1.807) is 6.26 Å². The highest BCUT2D eigenvalue weighted by molar-refractivity contribution is 5.65. The molecule has 0 aliphatic rings. The molecule has 0 amide bonds. The molecule has 0 aliphatic heterocycles. The minimum atomic E-state index is -0.284. The number of hydrogen-bond donors (Lipinski definition) is 0. The standard InChI is InChI=1S/C23H44O4/c1-4-6-8-10-11-12-13-14-15-16-18-25-20-23(21-27-22(3)24)26-19-17-9-7-5-2/h17,19,23H,4-16,18,20-21H2,1-3H3. The van der Waals surface area contributed by atoms with Crippen LogP contribution in [-0.2, 0) is 19.0 Å². The van der Waals surface area contributed by atoms with Gasteiger partial charge in [-0.25, -0.2) is 0 Å². The second-order valence-corrected chi connectivity index (χ2v) is 7.33. The van der Waals surface area contributed by atoms with Crippen LogP contribution in [0.15, 0.2) is 12.3 Å². The van der Waals surface area contributed by atoms with Gasteiger partial charge in [0.25, 0.3) is 0 Å². The largest absolute Gasteiger partial charge is 0.492 e. The number of hydrogen-bond acceptors (Lipinski definition) is 4.